The standard InChI is InChI=1S/C20H28N4O2/c1-5-14-10-8-9-11-17(14)21-18(25)12-13-19(26)22-20-15(6-2)16(7-3)23-24(20)4/h8-11H,5-7,12-13H2,1-4H3,(H,21,25)(H,22,26). The fourth-order valence-electron chi connectivity index (χ4n) is 3.02. The molecule has 2 aromatic rings. The number of para-hydroxylation sites is 1. The van der Waals surface area contributed by atoms with Gasteiger partial charge in [0.25, 0.3) is 0 Å². The van der Waals surface area contributed by atoms with E-state index in [1.54, 1.807) is 4.68 Å². The average Bonchev–Trinajstić information content (AvgIpc) is 2.95. The number of carbonyl (C=O) groups is 2. The van der Waals surface area contributed by atoms with E-state index in [0.717, 1.165) is 47.6 Å². The molecule has 2 amide bonds. The molecule has 0 unspecified atom stereocenters. The predicted molar refractivity (Wildman–Crippen MR) is 104 cm³/mol. The van der Waals surface area contributed by atoms with Crippen molar-refractivity contribution < 1.29 is 9.59 Å². The van der Waals surface area contributed by atoms with Gasteiger partial charge in [0, 0.05) is 31.1 Å². The molecule has 0 saturated heterocycles. The van der Waals surface area contributed by atoms with Crippen LogP contribution in [0.4, 0.5) is 11.5 Å². The van der Waals surface area contributed by atoms with Crippen molar-refractivity contribution in [3.63, 3.8) is 0 Å². The van der Waals surface area contributed by atoms with Crippen molar-refractivity contribution in [3.8, 4) is 0 Å². The van der Waals surface area contributed by atoms with E-state index in [2.05, 4.69) is 15.7 Å². The summed E-state index contributed by atoms with van der Waals surface area (Å²) in [6.07, 6.45) is 2.75. The summed E-state index contributed by atoms with van der Waals surface area (Å²) < 4.78 is 1.70. The summed E-state index contributed by atoms with van der Waals surface area (Å²) in [6.45, 7) is 6.14. The molecule has 0 aliphatic rings. The van der Waals surface area contributed by atoms with E-state index < -0.39 is 0 Å². The Hall–Kier alpha value is -2.63. The minimum Gasteiger partial charge on any atom is -0.326 e. The van der Waals surface area contributed by atoms with Crippen molar-refractivity contribution in [2.24, 2.45) is 7.05 Å². The fourth-order valence-corrected chi connectivity index (χ4v) is 3.02. The lowest BCUT2D eigenvalue weighted by Crippen LogP contribution is -2.19. The number of amides is 2. The first-order valence-electron chi connectivity index (χ1n) is 9.22. The average molecular weight is 356 g/mol. The van der Waals surface area contributed by atoms with Gasteiger partial charge in [0.1, 0.15) is 5.82 Å². The van der Waals surface area contributed by atoms with Crippen molar-refractivity contribution in [3.05, 3.63) is 41.1 Å². The van der Waals surface area contributed by atoms with Crippen LogP contribution in [-0.4, -0.2) is 21.6 Å². The molecule has 26 heavy (non-hydrogen) atoms. The Balaban J connectivity index is 1.93. The topological polar surface area (TPSA) is 76.0 Å². The summed E-state index contributed by atoms with van der Waals surface area (Å²) in [7, 11) is 1.82. The van der Waals surface area contributed by atoms with Crippen molar-refractivity contribution >= 4 is 23.3 Å². The van der Waals surface area contributed by atoms with Crippen LogP contribution in [0.25, 0.3) is 0 Å². The molecule has 0 saturated carbocycles. The highest BCUT2D eigenvalue weighted by molar-refractivity contribution is 5.97. The lowest BCUT2D eigenvalue weighted by atomic mass is 10.1. The third kappa shape index (κ3) is 4.71. The summed E-state index contributed by atoms with van der Waals surface area (Å²) in [4.78, 5) is 24.4. The van der Waals surface area contributed by atoms with Gasteiger partial charge in [0.15, 0.2) is 0 Å². The number of rotatable bonds is 8. The van der Waals surface area contributed by atoms with Crippen LogP contribution in [0.3, 0.4) is 0 Å². The molecule has 0 aliphatic heterocycles. The Morgan fingerprint density at radius 3 is 2.23 bits per heavy atom. The van der Waals surface area contributed by atoms with Gasteiger partial charge in [-0.1, -0.05) is 39.0 Å². The van der Waals surface area contributed by atoms with E-state index >= 15 is 0 Å². The summed E-state index contributed by atoms with van der Waals surface area (Å²) in [5, 5.41) is 10.2. The Kier molecular flexibility index (Phi) is 6.95. The summed E-state index contributed by atoms with van der Waals surface area (Å²) in [5.41, 5.74) is 3.96. The molecule has 0 radical (unpaired) electrons. The highest BCUT2D eigenvalue weighted by Crippen LogP contribution is 2.21. The Labute approximate surface area is 155 Å². The van der Waals surface area contributed by atoms with Crippen LogP contribution in [0.2, 0.25) is 0 Å². The number of aryl methyl sites for hydroxylation is 3. The molecule has 2 N–H and O–H groups in total. The lowest BCUT2D eigenvalue weighted by Gasteiger charge is -2.10. The van der Waals surface area contributed by atoms with Gasteiger partial charge in [-0.3, -0.25) is 14.3 Å². The minimum absolute atomic E-state index is 0.135. The Morgan fingerprint density at radius 1 is 0.962 bits per heavy atom. The first kappa shape index (κ1) is 19.7. The minimum atomic E-state index is -0.177. The van der Waals surface area contributed by atoms with Gasteiger partial charge in [0.2, 0.25) is 11.8 Å². The van der Waals surface area contributed by atoms with E-state index in [-0.39, 0.29) is 24.7 Å². The molecule has 6 heteroatoms. The Morgan fingerprint density at radius 2 is 1.62 bits per heavy atom. The van der Waals surface area contributed by atoms with Gasteiger partial charge in [-0.15, -0.1) is 0 Å². The van der Waals surface area contributed by atoms with Crippen molar-refractivity contribution in [1.82, 2.24) is 9.78 Å². The first-order valence-corrected chi connectivity index (χ1v) is 9.22. The van der Waals surface area contributed by atoms with Crippen LogP contribution in [0, 0.1) is 0 Å². The van der Waals surface area contributed by atoms with Gasteiger partial charge in [0.05, 0.1) is 5.69 Å². The molecule has 6 nitrogen and oxygen atoms in total. The molecule has 0 spiro atoms. The fraction of sp³-hybridized carbons (Fsp3) is 0.450. The number of aromatic nitrogens is 2. The number of hydrogen-bond acceptors (Lipinski definition) is 3. The number of hydrogen-bond donors (Lipinski definition) is 2. The smallest absolute Gasteiger partial charge is 0.226 e. The molecule has 0 fully saturated rings. The molecular weight excluding hydrogens is 328 g/mol. The van der Waals surface area contributed by atoms with E-state index in [4.69, 9.17) is 0 Å². The first-order chi connectivity index (χ1) is 12.5. The van der Waals surface area contributed by atoms with Crippen LogP contribution in [-0.2, 0) is 35.9 Å². The lowest BCUT2D eigenvalue weighted by molar-refractivity contribution is -0.121. The van der Waals surface area contributed by atoms with Gasteiger partial charge >= 0.3 is 0 Å². The Bertz CT molecular complexity index is 780. The molecule has 0 aliphatic carbocycles. The van der Waals surface area contributed by atoms with E-state index in [1.807, 2.05) is 52.1 Å². The van der Waals surface area contributed by atoms with Crippen LogP contribution >= 0.6 is 0 Å². The van der Waals surface area contributed by atoms with Crippen LogP contribution in [0.5, 0.6) is 0 Å². The summed E-state index contributed by atoms with van der Waals surface area (Å²) >= 11 is 0. The van der Waals surface area contributed by atoms with Crippen LogP contribution in [0.1, 0.15) is 50.4 Å². The summed E-state index contributed by atoms with van der Waals surface area (Å²) in [5.74, 6) is 0.395. The quantitative estimate of drug-likeness (QED) is 0.760. The normalized spacial score (nSPS) is 10.6. The zero-order valence-electron chi connectivity index (χ0n) is 16.1. The van der Waals surface area contributed by atoms with Gasteiger partial charge in [-0.25, -0.2) is 0 Å². The van der Waals surface area contributed by atoms with E-state index in [0.29, 0.717) is 0 Å². The van der Waals surface area contributed by atoms with E-state index in [9.17, 15) is 9.59 Å². The number of benzene rings is 1. The summed E-state index contributed by atoms with van der Waals surface area (Å²) in [6, 6.07) is 7.71. The second-order valence-electron chi connectivity index (χ2n) is 6.21. The largest absolute Gasteiger partial charge is 0.326 e. The number of carbonyl (C=O) groups excluding carboxylic acids is 2. The zero-order chi connectivity index (χ0) is 19.1. The molecular formula is C20H28N4O2. The molecule has 0 bridgehead atoms. The van der Waals surface area contributed by atoms with Crippen molar-refractivity contribution in [1.29, 1.82) is 0 Å². The maximum absolute atomic E-state index is 12.3. The molecule has 140 valence electrons. The van der Waals surface area contributed by atoms with Crippen LogP contribution < -0.4 is 10.6 Å². The van der Waals surface area contributed by atoms with Crippen LogP contribution in [0.15, 0.2) is 24.3 Å². The number of anilines is 2. The maximum atomic E-state index is 12.3. The molecule has 1 aromatic heterocycles. The molecule has 1 heterocycles. The van der Waals surface area contributed by atoms with Gasteiger partial charge in [-0.05, 0) is 30.9 Å². The molecule has 2 rings (SSSR count). The second-order valence-corrected chi connectivity index (χ2v) is 6.21. The van der Waals surface area contributed by atoms with Gasteiger partial charge < -0.3 is 10.6 Å². The molecule has 1 aromatic carbocycles. The second kappa shape index (κ2) is 9.17. The third-order valence-corrected chi connectivity index (χ3v) is 4.43. The SMILES string of the molecule is CCc1ccccc1NC(=O)CCC(=O)Nc1c(CC)c(CC)nn1C. The predicted octanol–water partition coefficient (Wildman–Crippen LogP) is 3.46. The maximum Gasteiger partial charge on any atom is 0.226 e. The number of nitrogens with zero attached hydrogens (tertiary/aromatic N) is 2. The van der Waals surface area contributed by atoms with Crippen molar-refractivity contribution in [2.45, 2.75) is 52.9 Å². The van der Waals surface area contributed by atoms with E-state index in [1.165, 1.54) is 0 Å². The third-order valence-electron chi connectivity index (χ3n) is 4.43. The highest BCUT2D eigenvalue weighted by Gasteiger charge is 2.16. The van der Waals surface area contributed by atoms with Gasteiger partial charge in [-0.2, -0.15) is 5.10 Å². The molecule has 0 atom stereocenters. The number of nitrogens with one attached hydrogen (secondary N) is 2. The zero-order valence-corrected chi connectivity index (χ0v) is 16.1. The monoisotopic (exact) mass is 356 g/mol. The van der Waals surface area contributed by atoms with Crippen molar-refractivity contribution in [2.75, 3.05) is 10.6 Å². The highest BCUT2D eigenvalue weighted by atomic mass is 16.2.